The summed E-state index contributed by atoms with van der Waals surface area (Å²) in [5, 5.41) is 0.709. The minimum Gasteiger partial charge on any atom is -0.494 e. The predicted octanol–water partition coefficient (Wildman–Crippen LogP) is 4.21. The molecule has 1 aromatic heterocycles. The van der Waals surface area contributed by atoms with E-state index in [1.54, 1.807) is 18.4 Å². The Morgan fingerprint density at radius 3 is 2.65 bits per heavy atom. The van der Waals surface area contributed by atoms with Crippen molar-refractivity contribution >= 4 is 32.6 Å². The molecule has 1 saturated heterocycles. The summed E-state index contributed by atoms with van der Waals surface area (Å²) in [5.74, 6) is 0.719. The molecular weight excluding hydrogens is 410 g/mol. The zero-order chi connectivity index (χ0) is 22.0. The van der Waals surface area contributed by atoms with Crippen LogP contribution in [0.5, 0.6) is 5.75 Å². The summed E-state index contributed by atoms with van der Waals surface area (Å²) >= 11 is 1.55. The number of thiazole rings is 1. The summed E-state index contributed by atoms with van der Waals surface area (Å²) in [7, 11) is 1.65. The van der Waals surface area contributed by atoms with Gasteiger partial charge in [0.25, 0.3) is 5.91 Å². The molecule has 2 aromatic carbocycles. The fourth-order valence-corrected chi connectivity index (χ4v) is 5.00. The average molecular weight is 440 g/mol. The standard InChI is InChI=1S/C24H29N3O3S/c1-16-5-7-19(18(3)15-16)23(28)27(10-9-26-11-13-30-14-12-26)24-25-21-20(29-4)8-6-17(2)22(21)31-24/h5-8,15H,9-14H2,1-4H3. The molecule has 3 aromatic rings. The van der Waals surface area contributed by atoms with E-state index in [1.165, 1.54) is 0 Å². The summed E-state index contributed by atoms with van der Waals surface area (Å²) in [4.78, 5) is 22.7. The van der Waals surface area contributed by atoms with Crippen molar-refractivity contribution in [3.63, 3.8) is 0 Å². The van der Waals surface area contributed by atoms with Crippen LogP contribution in [0, 0.1) is 20.8 Å². The van der Waals surface area contributed by atoms with Gasteiger partial charge in [-0.25, -0.2) is 4.98 Å². The molecule has 1 aliphatic heterocycles. The lowest BCUT2D eigenvalue weighted by Gasteiger charge is -2.29. The molecule has 164 valence electrons. The number of morpholine rings is 1. The number of benzene rings is 2. The van der Waals surface area contributed by atoms with Gasteiger partial charge in [0.2, 0.25) is 0 Å². The van der Waals surface area contributed by atoms with Crippen LogP contribution in [0.2, 0.25) is 0 Å². The van der Waals surface area contributed by atoms with E-state index in [0.717, 1.165) is 71.1 Å². The van der Waals surface area contributed by atoms with Gasteiger partial charge < -0.3 is 9.47 Å². The van der Waals surface area contributed by atoms with Gasteiger partial charge in [-0.2, -0.15) is 0 Å². The number of carbonyl (C=O) groups is 1. The lowest BCUT2D eigenvalue weighted by molar-refractivity contribution is 0.0391. The van der Waals surface area contributed by atoms with Gasteiger partial charge in [0.15, 0.2) is 5.13 Å². The van der Waals surface area contributed by atoms with Gasteiger partial charge in [-0.1, -0.05) is 35.1 Å². The number of fused-ring (bicyclic) bond motifs is 1. The van der Waals surface area contributed by atoms with Crippen LogP contribution in [-0.2, 0) is 4.74 Å². The molecule has 1 fully saturated rings. The van der Waals surface area contributed by atoms with Crippen LogP contribution < -0.4 is 9.64 Å². The first kappa shape index (κ1) is 21.7. The Bertz CT molecular complexity index is 1090. The molecular formula is C24H29N3O3S. The van der Waals surface area contributed by atoms with Crippen molar-refractivity contribution in [3.05, 3.63) is 52.6 Å². The summed E-state index contributed by atoms with van der Waals surface area (Å²) in [6, 6.07) is 9.94. The maximum absolute atomic E-state index is 13.7. The normalized spacial score (nSPS) is 14.7. The summed E-state index contributed by atoms with van der Waals surface area (Å²) in [6.07, 6.45) is 0. The summed E-state index contributed by atoms with van der Waals surface area (Å²) in [5.41, 5.74) is 4.79. The SMILES string of the molecule is COc1ccc(C)c2sc(N(CCN3CCOCC3)C(=O)c3ccc(C)cc3C)nc12. The van der Waals surface area contributed by atoms with Crippen molar-refractivity contribution in [1.82, 2.24) is 9.88 Å². The molecule has 0 N–H and O–H groups in total. The second-order valence-corrected chi connectivity index (χ2v) is 8.97. The van der Waals surface area contributed by atoms with Gasteiger partial charge in [-0.15, -0.1) is 0 Å². The molecule has 31 heavy (non-hydrogen) atoms. The molecule has 0 unspecified atom stereocenters. The molecule has 6 nitrogen and oxygen atoms in total. The summed E-state index contributed by atoms with van der Waals surface area (Å²) < 4.78 is 12.0. The number of hydrogen-bond donors (Lipinski definition) is 0. The fourth-order valence-electron chi connectivity index (χ4n) is 3.93. The van der Waals surface area contributed by atoms with E-state index in [4.69, 9.17) is 14.5 Å². The highest BCUT2D eigenvalue weighted by atomic mass is 32.1. The van der Waals surface area contributed by atoms with E-state index in [-0.39, 0.29) is 5.91 Å². The minimum atomic E-state index is -0.0126. The highest BCUT2D eigenvalue weighted by Crippen LogP contribution is 2.37. The van der Waals surface area contributed by atoms with Crippen LogP contribution in [0.1, 0.15) is 27.0 Å². The zero-order valence-corrected chi connectivity index (χ0v) is 19.4. The molecule has 1 amide bonds. The molecule has 1 aliphatic rings. The predicted molar refractivity (Wildman–Crippen MR) is 126 cm³/mol. The number of ether oxygens (including phenoxy) is 2. The number of nitrogens with zero attached hydrogens (tertiary/aromatic N) is 3. The average Bonchev–Trinajstić information content (AvgIpc) is 3.21. The second-order valence-electron chi connectivity index (χ2n) is 7.99. The Labute approximate surface area is 187 Å². The number of methoxy groups -OCH3 is 1. The lowest BCUT2D eigenvalue weighted by atomic mass is 10.0. The molecule has 0 radical (unpaired) electrons. The molecule has 0 atom stereocenters. The topological polar surface area (TPSA) is 54.9 Å². The summed E-state index contributed by atoms with van der Waals surface area (Å²) in [6.45, 7) is 10.7. The van der Waals surface area contributed by atoms with E-state index >= 15 is 0 Å². The molecule has 7 heteroatoms. The van der Waals surface area contributed by atoms with Crippen molar-refractivity contribution in [2.24, 2.45) is 0 Å². The first-order chi connectivity index (χ1) is 15.0. The third kappa shape index (κ3) is 4.59. The second kappa shape index (κ2) is 9.34. The monoisotopic (exact) mass is 439 g/mol. The van der Waals surface area contributed by atoms with Crippen molar-refractivity contribution in [3.8, 4) is 5.75 Å². The number of aromatic nitrogens is 1. The Kier molecular flexibility index (Phi) is 6.55. The highest BCUT2D eigenvalue weighted by molar-refractivity contribution is 7.22. The van der Waals surface area contributed by atoms with Gasteiger partial charge in [0.05, 0.1) is 25.0 Å². The van der Waals surface area contributed by atoms with E-state index in [2.05, 4.69) is 17.9 Å². The first-order valence-corrected chi connectivity index (χ1v) is 11.4. The Morgan fingerprint density at radius 2 is 1.94 bits per heavy atom. The smallest absolute Gasteiger partial charge is 0.260 e. The lowest BCUT2D eigenvalue weighted by Crippen LogP contribution is -2.43. The van der Waals surface area contributed by atoms with E-state index in [0.29, 0.717) is 11.7 Å². The van der Waals surface area contributed by atoms with Crippen molar-refractivity contribution in [2.75, 3.05) is 51.4 Å². The quantitative estimate of drug-likeness (QED) is 0.576. The molecule has 4 rings (SSSR count). The van der Waals surface area contributed by atoms with Crippen LogP contribution >= 0.6 is 11.3 Å². The van der Waals surface area contributed by atoms with Gasteiger partial charge >= 0.3 is 0 Å². The van der Waals surface area contributed by atoms with Crippen molar-refractivity contribution in [2.45, 2.75) is 20.8 Å². The zero-order valence-electron chi connectivity index (χ0n) is 18.6. The Hall–Kier alpha value is -2.48. The molecule has 0 bridgehead atoms. The van der Waals surface area contributed by atoms with Crippen LogP contribution in [-0.4, -0.2) is 62.3 Å². The van der Waals surface area contributed by atoms with Crippen LogP contribution in [0.4, 0.5) is 5.13 Å². The number of rotatable bonds is 6. The molecule has 0 aliphatic carbocycles. The number of amides is 1. The van der Waals surface area contributed by atoms with Crippen LogP contribution in [0.3, 0.4) is 0 Å². The third-order valence-electron chi connectivity index (χ3n) is 5.74. The van der Waals surface area contributed by atoms with Crippen LogP contribution in [0.15, 0.2) is 30.3 Å². The van der Waals surface area contributed by atoms with Gasteiger partial charge in [0.1, 0.15) is 11.3 Å². The van der Waals surface area contributed by atoms with E-state index in [9.17, 15) is 4.79 Å². The molecule has 2 heterocycles. The fraction of sp³-hybridized carbons (Fsp3) is 0.417. The Morgan fingerprint density at radius 1 is 1.16 bits per heavy atom. The van der Waals surface area contributed by atoms with Crippen molar-refractivity contribution in [1.29, 1.82) is 0 Å². The number of aryl methyl sites for hydroxylation is 3. The number of carbonyl (C=O) groups excluding carboxylic acids is 1. The van der Waals surface area contributed by atoms with E-state index < -0.39 is 0 Å². The largest absolute Gasteiger partial charge is 0.494 e. The number of hydrogen-bond acceptors (Lipinski definition) is 6. The van der Waals surface area contributed by atoms with Gasteiger partial charge in [-0.3, -0.25) is 14.6 Å². The molecule has 0 spiro atoms. The van der Waals surface area contributed by atoms with Gasteiger partial charge in [-0.05, 0) is 44.0 Å². The first-order valence-electron chi connectivity index (χ1n) is 10.6. The Balaban J connectivity index is 1.71. The third-order valence-corrected chi connectivity index (χ3v) is 6.96. The maximum atomic E-state index is 13.7. The van der Waals surface area contributed by atoms with E-state index in [1.807, 2.05) is 43.0 Å². The van der Waals surface area contributed by atoms with Crippen molar-refractivity contribution < 1.29 is 14.3 Å². The maximum Gasteiger partial charge on any atom is 0.260 e. The molecule has 0 saturated carbocycles. The van der Waals surface area contributed by atoms with Crippen LogP contribution in [0.25, 0.3) is 10.2 Å². The highest BCUT2D eigenvalue weighted by Gasteiger charge is 2.25. The minimum absolute atomic E-state index is 0.0126. The number of anilines is 1. The van der Waals surface area contributed by atoms with Gasteiger partial charge in [0, 0.05) is 31.7 Å².